The minimum absolute atomic E-state index is 0.00474. The largest absolute Gasteiger partial charge is 0.465 e. The van der Waals surface area contributed by atoms with E-state index in [1.165, 1.54) is 19.2 Å². The van der Waals surface area contributed by atoms with Crippen molar-refractivity contribution in [1.29, 1.82) is 0 Å². The lowest BCUT2D eigenvalue weighted by molar-refractivity contribution is 0.194. The second kappa shape index (κ2) is 7.28. The van der Waals surface area contributed by atoms with Crippen molar-refractivity contribution in [2.24, 2.45) is 0 Å². The van der Waals surface area contributed by atoms with Gasteiger partial charge in [0.25, 0.3) is 5.56 Å². The van der Waals surface area contributed by atoms with Crippen LogP contribution in [0.15, 0.2) is 29.3 Å². The van der Waals surface area contributed by atoms with Crippen molar-refractivity contribution in [2.75, 3.05) is 6.54 Å². The molecule has 10 heteroatoms. The minimum Gasteiger partial charge on any atom is -0.465 e. The van der Waals surface area contributed by atoms with Crippen LogP contribution in [0.4, 0.5) is 13.6 Å². The van der Waals surface area contributed by atoms with E-state index < -0.39 is 23.3 Å². The molecule has 0 aliphatic rings. The Morgan fingerprint density at radius 1 is 1.30 bits per heavy atom. The maximum atomic E-state index is 14.2. The second-order valence-electron chi connectivity index (χ2n) is 5.67. The number of rotatable bonds is 4. The van der Waals surface area contributed by atoms with Gasteiger partial charge in [0.05, 0.1) is 28.5 Å². The van der Waals surface area contributed by atoms with Gasteiger partial charge >= 0.3 is 6.09 Å². The summed E-state index contributed by atoms with van der Waals surface area (Å²) in [7, 11) is 0. The number of hydrogen-bond acceptors (Lipinski definition) is 4. The van der Waals surface area contributed by atoms with Gasteiger partial charge in [-0.15, -0.1) is 0 Å². The molecule has 0 fully saturated rings. The van der Waals surface area contributed by atoms with Gasteiger partial charge in [-0.1, -0.05) is 11.6 Å². The van der Waals surface area contributed by atoms with Gasteiger partial charge in [-0.05, 0) is 19.1 Å². The Morgan fingerprint density at radius 3 is 2.74 bits per heavy atom. The van der Waals surface area contributed by atoms with Gasteiger partial charge in [-0.3, -0.25) is 14.3 Å². The van der Waals surface area contributed by atoms with Crippen molar-refractivity contribution in [3.05, 3.63) is 62.9 Å². The molecule has 7 nitrogen and oxygen atoms in total. The molecule has 27 heavy (non-hydrogen) atoms. The predicted octanol–water partition coefficient (Wildman–Crippen LogP) is 2.83. The summed E-state index contributed by atoms with van der Waals surface area (Å²) in [6, 6.07) is 2.31. The van der Waals surface area contributed by atoms with Crippen LogP contribution in [-0.2, 0) is 6.42 Å². The van der Waals surface area contributed by atoms with E-state index in [9.17, 15) is 18.4 Å². The molecule has 2 heterocycles. The van der Waals surface area contributed by atoms with E-state index in [2.05, 4.69) is 15.3 Å². The summed E-state index contributed by atoms with van der Waals surface area (Å²) in [6.07, 6.45) is 0.965. The highest BCUT2D eigenvalue weighted by Gasteiger charge is 2.19. The third-order valence-electron chi connectivity index (χ3n) is 3.99. The van der Waals surface area contributed by atoms with Gasteiger partial charge < -0.3 is 10.4 Å². The molecule has 3 aromatic rings. The molecule has 0 atom stereocenters. The van der Waals surface area contributed by atoms with Crippen molar-refractivity contribution in [3.63, 3.8) is 0 Å². The van der Waals surface area contributed by atoms with Gasteiger partial charge in [0.1, 0.15) is 23.0 Å². The zero-order valence-electron chi connectivity index (χ0n) is 14.0. The molecular weight excluding hydrogens is 382 g/mol. The fourth-order valence-electron chi connectivity index (χ4n) is 2.67. The number of amides is 1. The zero-order valence-corrected chi connectivity index (χ0v) is 14.7. The Morgan fingerprint density at radius 2 is 2.04 bits per heavy atom. The van der Waals surface area contributed by atoms with E-state index in [-0.39, 0.29) is 46.0 Å². The van der Waals surface area contributed by atoms with Crippen LogP contribution >= 0.6 is 11.6 Å². The van der Waals surface area contributed by atoms with E-state index in [1.807, 2.05) is 0 Å². The molecule has 1 amide bonds. The average molecular weight is 395 g/mol. The molecular formula is C17H13ClF2N4O3. The molecule has 0 radical (unpaired) electrons. The van der Waals surface area contributed by atoms with E-state index in [4.69, 9.17) is 16.7 Å². The average Bonchev–Trinajstić information content (AvgIpc) is 2.61. The number of pyridine rings is 1. The molecule has 140 valence electrons. The lowest BCUT2D eigenvalue weighted by Crippen LogP contribution is -2.29. The summed E-state index contributed by atoms with van der Waals surface area (Å²) in [5.41, 5.74) is -0.699. The molecule has 0 unspecified atom stereocenters. The van der Waals surface area contributed by atoms with Crippen molar-refractivity contribution >= 4 is 28.6 Å². The van der Waals surface area contributed by atoms with E-state index >= 15 is 0 Å². The van der Waals surface area contributed by atoms with Crippen LogP contribution in [0.5, 0.6) is 0 Å². The first-order valence-electron chi connectivity index (χ1n) is 7.78. The fraction of sp³-hybridized carbons (Fsp3) is 0.176. The van der Waals surface area contributed by atoms with Crippen molar-refractivity contribution < 1.29 is 18.7 Å². The zero-order chi connectivity index (χ0) is 19.7. The standard InChI is InChI=1S/C17H13ClF2N4O3/c1-8-11(20)6-21-7-12(8)24-13(4-5-22-17(26)27)23-15-10(19)3-2-9(18)14(15)16(24)25/h2-3,6-7,22H,4-5H2,1H3,(H,26,27). The number of carbonyl (C=O) groups is 1. The molecule has 0 aliphatic carbocycles. The van der Waals surface area contributed by atoms with Gasteiger partial charge in [0, 0.05) is 18.5 Å². The quantitative estimate of drug-likeness (QED) is 0.709. The summed E-state index contributed by atoms with van der Waals surface area (Å²) in [6.45, 7) is 1.37. The van der Waals surface area contributed by atoms with E-state index in [1.54, 1.807) is 0 Å². The summed E-state index contributed by atoms with van der Waals surface area (Å²) in [4.78, 5) is 31.7. The Balaban J connectivity index is 2.33. The summed E-state index contributed by atoms with van der Waals surface area (Å²) in [5, 5.41) is 10.7. The van der Waals surface area contributed by atoms with E-state index in [0.29, 0.717) is 0 Å². The molecule has 0 saturated carbocycles. The number of nitrogens with one attached hydrogen (secondary N) is 1. The minimum atomic E-state index is -1.26. The summed E-state index contributed by atoms with van der Waals surface area (Å²) >= 11 is 6.06. The van der Waals surface area contributed by atoms with Gasteiger partial charge in [0.15, 0.2) is 0 Å². The summed E-state index contributed by atoms with van der Waals surface area (Å²) < 4.78 is 29.2. The monoisotopic (exact) mass is 394 g/mol. The normalized spacial score (nSPS) is 11.0. The molecule has 0 saturated heterocycles. The number of fused-ring (bicyclic) bond motifs is 1. The van der Waals surface area contributed by atoms with Crippen LogP contribution < -0.4 is 10.9 Å². The Kier molecular flexibility index (Phi) is 5.04. The molecule has 0 bridgehead atoms. The SMILES string of the molecule is Cc1c(F)cncc1-n1c(CCNC(=O)O)nc2c(F)ccc(Cl)c2c1=O. The highest BCUT2D eigenvalue weighted by Crippen LogP contribution is 2.24. The van der Waals surface area contributed by atoms with Gasteiger partial charge in [-0.2, -0.15) is 0 Å². The maximum Gasteiger partial charge on any atom is 0.404 e. The van der Waals surface area contributed by atoms with E-state index in [0.717, 1.165) is 16.8 Å². The number of nitrogens with zero attached hydrogens (tertiary/aromatic N) is 3. The highest BCUT2D eigenvalue weighted by molar-refractivity contribution is 6.35. The van der Waals surface area contributed by atoms with Crippen LogP contribution in [0.1, 0.15) is 11.4 Å². The number of hydrogen-bond donors (Lipinski definition) is 2. The van der Waals surface area contributed by atoms with Crippen molar-refractivity contribution in [3.8, 4) is 5.69 Å². The third-order valence-corrected chi connectivity index (χ3v) is 4.30. The molecule has 2 N–H and O–H groups in total. The number of benzene rings is 1. The first-order chi connectivity index (χ1) is 12.8. The van der Waals surface area contributed by atoms with Crippen LogP contribution in [0.3, 0.4) is 0 Å². The smallest absolute Gasteiger partial charge is 0.404 e. The molecule has 1 aromatic carbocycles. The molecule has 3 rings (SSSR count). The van der Waals surface area contributed by atoms with Gasteiger partial charge in [-0.25, -0.2) is 18.6 Å². The van der Waals surface area contributed by atoms with Crippen LogP contribution in [-0.4, -0.2) is 32.3 Å². The van der Waals surface area contributed by atoms with Gasteiger partial charge in [0.2, 0.25) is 0 Å². The number of halogens is 3. The third kappa shape index (κ3) is 3.45. The Hall–Kier alpha value is -3.07. The second-order valence-corrected chi connectivity index (χ2v) is 6.08. The topological polar surface area (TPSA) is 97.1 Å². The first kappa shape index (κ1) is 18.7. The highest BCUT2D eigenvalue weighted by atomic mass is 35.5. The first-order valence-corrected chi connectivity index (χ1v) is 8.16. The fourth-order valence-corrected chi connectivity index (χ4v) is 2.91. The summed E-state index contributed by atoms with van der Waals surface area (Å²) in [5.74, 6) is -1.35. The lowest BCUT2D eigenvalue weighted by Gasteiger charge is -2.16. The van der Waals surface area contributed by atoms with Crippen LogP contribution in [0.2, 0.25) is 5.02 Å². The molecule has 0 aliphatic heterocycles. The van der Waals surface area contributed by atoms with Crippen LogP contribution in [0.25, 0.3) is 16.6 Å². The lowest BCUT2D eigenvalue weighted by atomic mass is 10.2. The number of carboxylic acid groups (broad SMARTS) is 1. The molecule has 2 aromatic heterocycles. The Bertz CT molecular complexity index is 1120. The molecule has 0 spiro atoms. The number of aromatic nitrogens is 3. The maximum absolute atomic E-state index is 14.2. The Labute approximate surface area is 156 Å². The predicted molar refractivity (Wildman–Crippen MR) is 94.5 cm³/mol. The van der Waals surface area contributed by atoms with Crippen molar-refractivity contribution in [2.45, 2.75) is 13.3 Å². The van der Waals surface area contributed by atoms with Crippen LogP contribution in [0, 0.1) is 18.6 Å². The van der Waals surface area contributed by atoms with Crippen molar-refractivity contribution in [1.82, 2.24) is 19.9 Å².